The van der Waals surface area contributed by atoms with Crippen molar-refractivity contribution in [2.24, 2.45) is 0 Å². The van der Waals surface area contributed by atoms with Crippen molar-refractivity contribution in [2.45, 2.75) is 0 Å². The van der Waals surface area contributed by atoms with Crippen LogP contribution in [0.4, 0.5) is 11.4 Å². The summed E-state index contributed by atoms with van der Waals surface area (Å²) < 4.78 is 0. The smallest absolute Gasteiger partial charge is 0.0730 e. The van der Waals surface area contributed by atoms with Gasteiger partial charge in [-0.05, 0) is 30.3 Å². The van der Waals surface area contributed by atoms with Crippen LogP contribution in [0.1, 0.15) is 0 Å². The molecule has 3 nitrogen and oxygen atoms in total. The van der Waals surface area contributed by atoms with Crippen LogP contribution in [0, 0.1) is 0 Å². The molecule has 0 amide bonds. The SMILES string of the molecule is CN(C)c1ccc2cc3ccc(N(C)C)cc3nc2c1.[Cl-].[Zn]. The van der Waals surface area contributed by atoms with Crippen LogP contribution < -0.4 is 22.2 Å². The van der Waals surface area contributed by atoms with E-state index in [4.69, 9.17) is 4.98 Å². The van der Waals surface area contributed by atoms with Crippen LogP contribution in [0.25, 0.3) is 21.8 Å². The van der Waals surface area contributed by atoms with Crippen molar-refractivity contribution in [1.82, 2.24) is 4.98 Å². The molecule has 0 saturated carbocycles. The minimum Gasteiger partial charge on any atom is -1.00 e. The number of benzene rings is 2. The average molecular weight is 366 g/mol. The number of aromatic nitrogens is 1. The Bertz CT molecular complexity index is 724. The van der Waals surface area contributed by atoms with Gasteiger partial charge in [0.1, 0.15) is 0 Å². The fourth-order valence-electron chi connectivity index (χ4n) is 2.36. The maximum absolute atomic E-state index is 4.81. The van der Waals surface area contributed by atoms with E-state index in [-0.39, 0.29) is 31.9 Å². The standard InChI is InChI=1S/C17H19N3.ClH.Zn/c1-19(2)14-7-5-12-9-13-6-8-15(20(3)4)11-17(13)18-16(12)10-14;;/h5-11H,1-4H3;1H;/p-1. The molecule has 112 valence electrons. The monoisotopic (exact) mass is 364 g/mol. The largest absolute Gasteiger partial charge is 1.00 e. The molecule has 2 aromatic carbocycles. The summed E-state index contributed by atoms with van der Waals surface area (Å²) in [5.74, 6) is 0. The molecule has 0 spiro atoms. The third-order valence-electron chi connectivity index (χ3n) is 3.61. The zero-order valence-corrected chi connectivity index (χ0v) is 17.2. The molecule has 1 aromatic heterocycles. The van der Waals surface area contributed by atoms with Crippen molar-refractivity contribution in [1.29, 1.82) is 0 Å². The number of pyridine rings is 1. The third kappa shape index (κ3) is 3.50. The molecule has 3 aromatic rings. The first-order chi connectivity index (χ1) is 9.54. The second kappa shape index (κ2) is 7.26. The van der Waals surface area contributed by atoms with Gasteiger partial charge in [-0.3, -0.25) is 0 Å². The molecule has 0 aliphatic rings. The normalized spacial score (nSPS) is 10.0. The van der Waals surface area contributed by atoms with E-state index in [2.05, 4.69) is 52.3 Å². The van der Waals surface area contributed by atoms with Crippen LogP contribution in [-0.4, -0.2) is 33.2 Å². The van der Waals surface area contributed by atoms with E-state index in [9.17, 15) is 0 Å². The molecule has 0 aliphatic heterocycles. The Morgan fingerprint density at radius 2 is 1.09 bits per heavy atom. The summed E-state index contributed by atoms with van der Waals surface area (Å²) in [4.78, 5) is 9.01. The zero-order chi connectivity index (χ0) is 14.3. The van der Waals surface area contributed by atoms with Gasteiger partial charge < -0.3 is 22.2 Å². The summed E-state index contributed by atoms with van der Waals surface area (Å²) in [7, 11) is 8.19. The molecule has 0 radical (unpaired) electrons. The number of anilines is 2. The molecule has 0 aliphatic carbocycles. The third-order valence-corrected chi connectivity index (χ3v) is 3.61. The Morgan fingerprint density at radius 3 is 1.45 bits per heavy atom. The van der Waals surface area contributed by atoms with Gasteiger partial charge in [0.15, 0.2) is 0 Å². The number of halogens is 1. The summed E-state index contributed by atoms with van der Waals surface area (Å²) in [6, 6.07) is 15.0. The van der Waals surface area contributed by atoms with E-state index < -0.39 is 0 Å². The summed E-state index contributed by atoms with van der Waals surface area (Å²) in [5, 5.41) is 2.36. The predicted octanol–water partition coefficient (Wildman–Crippen LogP) is 0.521. The molecular formula is C17H19ClN3Zn-. The van der Waals surface area contributed by atoms with Crippen molar-refractivity contribution in [3.05, 3.63) is 42.5 Å². The van der Waals surface area contributed by atoms with Gasteiger partial charge in [0.05, 0.1) is 11.0 Å². The second-order valence-electron chi connectivity index (χ2n) is 5.53. The van der Waals surface area contributed by atoms with E-state index in [0.717, 1.165) is 11.0 Å². The van der Waals surface area contributed by atoms with Crippen LogP contribution in [-0.2, 0) is 19.5 Å². The van der Waals surface area contributed by atoms with Crippen LogP contribution in [0.2, 0.25) is 0 Å². The summed E-state index contributed by atoms with van der Waals surface area (Å²) in [5.41, 5.74) is 4.43. The van der Waals surface area contributed by atoms with E-state index >= 15 is 0 Å². The van der Waals surface area contributed by atoms with Gasteiger partial charge in [-0.2, -0.15) is 0 Å². The molecule has 22 heavy (non-hydrogen) atoms. The van der Waals surface area contributed by atoms with Crippen molar-refractivity contribution < 1.29 is 31.9 Å². The Balaban J connectivity index is 0.00000121. The maximum atomic E-state index is 4.81. The minimum atomic E-state index is 0. The van der Waals surface area contributed by atoms with Gasteiger partial charge in [-0.15, -0.1) is 0 Å². The first-order valence-corrected chi connectivity index (χ1v) is 6.74. The first kappa shape index (κ1) is 18.7. The maximum Gasteiger partial charge on any atom is 0.0730 e. The Kier molecular flexibility index (Phi) is 6.16. The van der Waals surface area contributed by atoms with Gasteiger partial charge in [-0.25, -0.2) is 4.98 Å². The molecule has 0 atom stereocenters. The minimum absolute atomic E-state index is 0. The van der Waals surface area contributed by atoms with Gasteiger partial charge in [0.2, 0.25) is 0 Å². The molecule has 1 heterocycles. The first-order valence-electron chi connectivity index (χ1n) is 6.74. The van der Waals surface area contributed by atoms with Gasteiger partial charge in [-0.1, -0.05) is 12.1 Å². The second-order valence-corrected chi connectivity index (χ2v) is 5.53. The van der Waals surface area contributed by atoms with Crippen molar-refractivity contribution >= 4 is 33.2 Å². The Labute approximate surface area is 150 Å². The zero-order valence-electron chi connectivity index (χ0n) is 13.5. The molecule has 0 N–H and O–H groups in total. The molecular weight excluding hydrogens is 347 g/mol. The van der Waals surface area contributed by atoms with Crippen molar-refractivity contribution in [3.8, 4) is 0 Å². The topological polar surface area (TPSA) is 19.4 Å². The van der Waals surface area contributed by atoms with Crippen LogP contribution >= 0.6 is 0 Å². The van der Waals surface area contributed by atoms with Gasteiger partial charge >= 0.3 is 0 Å². The van der Waals surface area contributed by atoms with Crippen LogP contribution in [0.3, 0.4) is 0 Å². The molecule has 0 fully saturated rings. The van der Waals surface area contributed by atoms with Gasteiger partial charge in [0.25, 0.3) is 0 Å². The van der Waals surface area contributed by atoms with Crippen molar-refractivity contribution in [3.63, 3.8) is 0 Å². The van der Waals surface area contributed by atoms with E-state index in [0.29, 0.717) is 0 Å². The summed E-state index contributed by atoms with van der Waals surface area (Å²) in [6.07, 6.45) is 0. The predicted molar refractivity (Wildman–Crippen MR) is 87.9 cm³/mol. The summed E-state index contributed by atoms with van der Waals surface area (Å²) >= 11 is 0. The van der Waals surface area contributed by atoms with Crippen molar-refractivity contribution in [2.75, 3.05) is 38.0 Å². The fraction of sp³-hybridized carbons (Fsp3) is 0.235. The number of nitrogens with zero attached hydrogens (tertiary/aromatic N) is 3. The van der Waals surface area contributed by atoms with E-state index in [1.165, 1.54) is 22.1 Å². The number of hydrogen-bond donors (Lipinski definition) is 0. The number of rotatable bonds is 2. The Hall–Kier alpha value is -1.38. The van der Waals surface area contributed by atoms with Crippen LogP contribution in [0.15, 0.2) is 42.5 Å². The Morgan fingerprint density at radius 1 is 0.682 bits per heavy atom. The van der Waals surface area contributed by atoms with E-state index in [1.54, 1.807) is 0 Å². The van der Waals surface area contributed by atoms with Crippen LogP contribution in [0.5, 0.6) is 0 Å². The fourth-order valence-corrected chi connectivity index (χ4v) is 2.36. The molecule has 0 saturated heterocycles. The number of fused-ring (bicyclic) bond motifs is 2. The average Bonchev–Trinajstić information content (AvgIpc) is 2.43. The molecule has 3 rings (SSSR count). The molecule has 5 heteroatoms. The van der Waals surface area contributed by atoms with Gasteiger partial charge in [0, 0.05) is 69.8 Å². The quantitative estimate of drug-likeness (QED) is 0.487. The summed E-state index contributed by atoms with van der Waals surface area (Å²) in [6.45, 7) is 0. The molecule has 0 bridgehead atoms. The van der Waals surface area contributed by atoms with E-state index in [1.807, 2.05) is 28.2 Å². The number of hydrogen-bond acceptors (Lipinski definition) is 3. The molecule has 0 unspecified atom stereocenters.